The highest BCUT2D eigenvalue weighted by Gasteiger charge is 2.28. The van der Waals surface area contributed by atoms with Gasteiger partial charge in [-0.05, 0) is 42.3 Å². The molecule has 0 radical (unpaired) electrons. The Bertz CT molecular complexity index is 732. The third kappa shape index (κ3) is 4.50. The Kier molecular flexibility index (Phi) is 5.18. The van der Waals surface area contributed by atoms with E-state index in [1.165, 1.54) is 0 Å². The molecule has 130 valence electrons. The summed E-state index contributed by atoms with van der Waals surface area (Å²) >= 11 is 0. The Hall–Kier alpha value is -3.02. The second-order valence-electron chi connectivity index (χ2n) is 5.78. The van der Waals surface area contributed by atoms with E-state index in [0.717, 1.165) is 11.3 Å². The van der Waals surface area contributed by atoms with Gasteiger partial charge in [0.1, 0.15) is 11.5 Å². The Morgan fingerprint density at radius 3 is 2.64 bits per heavy atom. The van der Waals surface area contributed by atoms with Crippen LogP contribution >= 0.6 is 0 Å². The largest absolute Gasteiger partial charge is 0.494 e. The summed E-state index contributed by atoms with van der Waals surface area (Å²) in [5.41, 5.74) is 1.69. The zero-order chi connectivity index (χ0) is 17.6. The van der Waals surface area contributed by atoms with Crippen LogP contribution in [0.5, 0.6) is 11.5 Å². The van der Waals surface area contributed by atoms with Crippen molar-refractivity contribution < 1.29 is 24.2 Å². The Morgan fingerprint density at radius 2 is 1.92 bits per heavy atom. The molecule has 1 aliphatic heterocycles. The fraction of sp³-hybridized carbons (Fsp3) is 0.263. The SMILES string of the molecule is O=C(O)CCCOc1ccc(NC(=O)C2Cc3ccccc3O2)cc1. The van der Waals surface area contributed by atoms with Gasteiger partial charge in [-0.25, -0.2) is 0 Å². The molecule has 2 aromatic carbocycles. The molecule has 2 N–H and O–H groups in total. The van der Waals surface area contributed by atoms with E-state index in [0.29, 0.717) is 30.9 Å². The van der Waals surface area contributed by atoms with Crippen LogP contribution in [-0.2, 0) is 16.0 Å². The van der Waals surface area contributed by atoms with Crippen molar-refractivity contribution in [2.24, 2.45) is 0 Å². The van der Waals surface area contributed by atoms with E-state index in [4.69, 9.17) is 14.6 Å². The number of ether oxygens (including phenoxy) is 2. The van der Waals surface area contributed by atoms with Gasteiger partial charge in [0.05, 0.1) is 6.61 Å². The Labute approximate surface area is 145 Å². The molecule has 25 heavy (non-hydrogen) atoms. The molecule has 0 saturated carbocycles. The first kappa shape index (κ1) is 16.8. The fourth-order valence-electron chi connectivity index (χ4n) is 2.60. The number of carboxylic acids is 1. The molecule has 1 amide bonds. The summed E-state index contributed by atoms with van der Waals surface area (Å²) in [5, 5.41) is 11.4. The van der Waals surface area contributed by atoms with Crippen LogP contribution in [0.2, 0.25) is 0 Å². The second-order valence-corrected chi connectivity index (χ2v) is 5.78. The monoisotopic (exact) mass is 341 g/mol. The van der Waals surface area contributed by atoms with E-state index in [1.807, 2.05) is 24.3 Å². The molecular formula is C19H19NO5. The van der Waals surface area contributed by atoms with Crippen LogP contribution in [0.3, 0.4) is 0 Å². The van der Waals surface area contributed by atoms with Gasteiger partial charge >= 0.3 is 5.97 Å². The first-order valence-electron chi connectivity index (χ1n) is 8.12. The summed E-state index contributed by atoms with van der Waals surface area (Å²) in [6.45, 7) is 0.339. The molecule has 2 aromatic rings. The summed E-state index contributed by atoms with van der Waals surface area (Å²) in [4.78, 5) is 22.8. The predicted octanol–water partition coefficient (Wildman–Crippen LogP) is 2.87. The minimum absolute atomic E-state index is 0.0813. The summed E-state index contributed by atoms with van der Waals surface area (Å²) in [6.07, 6.45) is 0.572. The van der Waals surface area contributed by atoms with E-state index in [1.54, 1.807) is 24.3 Å². The highest BCUT2D eigenvalue weighted by Crippen LogP contribution is 2.28. The number of carbonyl (C=O) groups is 2. The van der Waals surface area contributed by atoms with E-state index in [-0.39, 0.29) is 12.3 Å². The molecule has 1 atom stereocenters. The quantitative estimate of drug-likeness (QED) is 0.757. The van der Waals surface area contributed by atoms with Crippen LogP contribution in [-0.4, -0.2) is 29.7 Å². The summed E-state index contributed by atoms with van der Waals surface area (Å²) in [5.74, 6) is 0.366. The van der Waals surface area contributed by atoms with E-state index >= 15 is 0 Å². The molecule has 0 saturated heterocycles. The van der Waals surface area contributed by atoms with E-state index < -0.39 is 12.1 Å². The number of fused-ring (bicyclic) bond motifs is 1. The molecule has 1 aliphatic rings. The number of nitrogens with one attached hydrogen (secondary N) is 1. The van der Waals surface area contributed by atoms with Crippen molar-refractivity contribution in [3.05, 3.63) is 54.1 Å². The minimum Gasteiger partial charge on any atom is -0.494 e. The first-order chi connectivity index (χ1) is 12.1. The van der Waals surface area contributed by atoms with Crippen molar-refractivity contribution in [2.45, 2.75) is 25.4 Å². The standard InChI is InChI=1S/C19H19NO5/c21-18(22)6-3-11-24-15-9-7-14(8-10-15)20-19(23)17-12-13-4-1-2-5-16(13)25-17/h1-2,4-5,7-10,17H,3,6,11-12H2,(H,20,23)(H,21,22). The van der Waals surface area contributed by atoms with Crippen molar-refractivity contribution in [1.29, 1.82) is 0 Å². The zero-order valence-corrected chi connectivity index (χ0v) is 13.6. The maximum absolute atomic E-state index is 12.3. The van der Waals surface area contributed by atoms with E-state index in [2.05, 4.69) is 5.32 Å². The molecule has 0 aromatic heterocycles. The second kappa shape index (κ2) is 7.70. The van der Waals surface area contributed by atoms with Crippen molar-refractivity contribution in [3.63, 3.8) is 0 Å². The van der Waals surface area contributed by atoms with Crippen LogP contribution < -0.4 is 14.8 Å². The number of benzene rings is 2. The van der Waals surface area contributed by atoms with Crippen molar-refractivity contribution in [3.8, 4) is 11.5 Å². The number of para-hydroxylation sites is 1. The van der Waals surface area contributed by atoms with Gasteiger partial charge in [0.25, 0.3) is 5.91 Å². The normalized spacial score (nSPS) is 15.1. The van der Waals surface area contributed by atoms with Gasteiger partial charge in [-0.1, -0.05) is 18.2 Å². The van der Waals surface area contributed by atoms with Gasteiger partial charge < -0.3 is 19.9 Å². The lowest BCUT2D eigenvalue weighted by Gasteiger charge is -2.12. The average Bonchev–Trinajstić information content (AvgIpc) is 3.04. The van der Waals surface area contributed by atoms with Crippen molar-refractivity contribution in [2.75, 3.05) is 11.9 Å². The first-order valence-corrected chi connectivity index (χ1v) is 8.12. The highest BCUT2D eigenvalue weighted by atomic mass is 16.5. The number of carbonyl (C=O) groups excluding carboxylic acids is 1. The number of hydrogen-bond acceptors (Lipinski definition) is 4. The smallest absolute Gasteiger partial charge is 0.303 e. The van der Waals surface area contributed by atoms with Crippen LogP contribution in [0.15, 0.2) is 48.5 Å². The van der Waals surface area contributed by atoms with Gasteiger partial charge in [-0.2, -0.15) is 0 Å². The maximum Gasteiger partial charge on any atom is 0.303 e. The van der Waals surface area contributed by atoms with Gasteiger partial charge in [0.15, 0.2) is 6.10 Å². The zero-order valence-electron chi connectivity index (χ0n) is 13.6. The third-order valence-corrected chi connectivity index (χ3v) is 3.87. The summed E-state index contributed by atoms with van der Waals surface area (Å²) in [6, 6.07) is 14.6. The van der Waals surface area contributed by atoms with Crippen LogP contribution in [0.4, 0.5) is 5.69 Å². The topological polar surface area (TPSA) is 84.9 Å². The predicted molar refractivity (Wildman–Crippen MR) is 92.0 cm³/mol. The maximum atomic E-state index is 12.3. The number of amides is 1. The lowest BCUT2D eigenvalue weighted by molar-refractivity contribution is -0.137. The van der Waals surface area contributed by atoms with Crippen molar-refractivity contribution >= 4 is 17.6 Å². The highest BCUT2D eigenvalue weighted by molar-refractivity contribution is 5.95. The van der Waals surface area contributed by atoms with Gasteiger partial charge in [-0.3, -0.25) is 9.59 Å². The Balaban J connectivity index is 1.48. The van der Waals surface area contributed by atoms with Crippen molar-refractivity contribution in [1.82, 2.24) is 0 Å². The minimum atomic E-state index is -0.835. The number of carboxylic acid groups (broad SMARTS) is 1. The number of aliphatic carboxylic acids is 1. The molecule has 6 nitrogen and oxygen atoms in total. The van der Waals surface area contributed by atoms with Crippen LogP contribution in [0.25, 0.3) is 0 Å². The van der Waals surface area contributed by atoms with Crippen LogP contribution in [0, 0.1) is 0 Å². The Morgan fingerprint density at radius 1 is 1.16 bits per heavy atom. The lowest BCUT2D eigenvalue weighted by atomic mass is 10.1. The molecule has 0 bridgehead atoms. The number of rotatable bonds is 7. The molecular weight excluding hydrogens is 322 g/mol. The molecule has 3 rings (SSSR count). The molecule has 1 unspecified atom stereocenters. The van der Waals surface area contributed by atoms with Gasteiger partial charge in [0.2, 0.25) is 0 Å². The molecule has 0 spiro atoms. The summed E-state index contributed by atoms with van der Waals surface area (Å²) in [7, 11) is 0. The van der Waals surface area contributed by atoms with Crippen LogP contribution in [0.1, 0.15) is 18.4 Å². The summed E-state index contributed by atoms with van der Waals surface area (Å²) < 4.78 is 11.1. The van der Waals surface area contributed by atoms with Gasteiger partial charge in [-0.15, -0.1) is 0 Å². The average molecular weight is 341 g/mol. The third-order valence-electron chi connectivity index (χ3n) is 3.87. The number of anilines is 1. The molecule has 6 heteroatoms. The van der Waals surface area contributed by atoms with Gasteiger partial charge in [0, 0.05) is 18.5 Å². The molecule has 1 heterocycles. The fourth-order valence-corrected chi connectivity index (χ4v) is 2.60. The van der Waals surface area contributed by atoms with E-state index in [9.17, 15) is 9.59 Å². The number of hydrogen-bond donors (Lipinski definition) is 2. The molecule has 0 fully saturated rings. The lowest BCUT2D eigenvalue weighted by Crippen LogP contribution is -2.31. The molecule has 0 aliphatic carbocycles.